The molecule has 0 radical (unpaired) electrons. The van der Waals surface area contributed by atoms with Crippen LogP contribution in [0.15, 0.2) is 23.7 Å². The summed E-state index contributed by atoms with van der Waals surface area (Å²) < 4.78 is 64.7. The maximum atomic E-state index is 13.7. The Labute approximate surface area is 139 Å². The molecule has 1 aromatic rings. The van der Waals surface area contributed by atoms with Gasteiger partial charge in [0.05, 0.1) is 16.8 Å². The van der Waals surface area contributed by atoms with Crippen molar-refractivity contribution >= 4 is 13.2 Å². The molecule has 0 atom stereocenters. The zero-order chi connectivity index (χ0) is 18.3. The van der Waals surface area contributed by atoms with Gasteiger partial charge in [-0.15, -0.1) is 0 Å². The van der Waals surface area contributed by atoms with E-state index >= 15 is 0 Å². The van der Waals surface area contributed by atoms with E-state index in [0.717, 1.165) is 6.07 Å². The molecular weight excluding hydrogens is 325 g/mol. The minimum absolute atomic E-state index is 0.0787. The van der Waals surface area contributed by atoms with E-state index in [9.17, 15) is 17.6 Å². The van der Waals surface area contributed by atoms with Gasteiger partial charge in [-0.1, -0.05) is 18.2 Å². The van der Waals surface area contributed by atoms with Crippen LogP contribution in [0.3, 0.4) is 0 Å². The number of hydrogen-bond donors (Lipinski definition) is 1. The van der Waals surface area contributed by atoms with Crippen LogP contribution < -0.4 is 5.73 Å². The molecule has 0 unspecified atom stereocenters. The highest BCUT2D eigenvalue weighted by molar-refractivity contribution is 6.55. The van der Waals surface area contributed by atoms with Crippen molar-refractivity contribution < 1.29 is 26.9 Å². The van der Waals surface area contributed by atoms with E-state index in [1.54, 1.807) is 0 Å². The first kappa shape index (κ1) is 19.0. The normalized spacial score (nSPS) is 20.5. The summed E-state index contributed by atoms with van der Waals surface area (Å²) in [7, 11) is -0.885. The molecule has 1 saturated heterocycles. The lowest BCUT2D eigenvalue weighted by Gasteiger charge is -2.32. The molecule has 1 aromatic carbocycles. The molecule has 24 heavy (non-hydrogen) atoms. The van der Waals surface area contributed by atoms with E-state index in [4.69, 9.17) is 15.0 Å². The molecular formula is C16H20BF4NO2. The Morgan fingerprint density at radius 1 is 1.17 bits per heavy atom. The lowest BCUT2D eigenvalue weighted by atomic mass is 9.76. The zero-order valence-corrected chi connectivity index (χ0v) is 14.0. The summed E-state index contributed by atoms with van der Waals surface area (Å²) in [6, 6.07) is 3.18. The molecule has 8 heteroatoms. The molecule has 2 N–H and O–H groups in total. The summed E-state index contributed by atoms with van der Waals surface area (Å²) in [6.07, 6.45) is -3.62. The lowest BCUT2D eigenvalue weighted by Crippen LogP contribution is -2.41. The summed E-state index contributed by atoms with van der Waals surface area (Å²) in [5.74, 6) is -1.33. The number of alkyl halides is 3. The molecule has 3 nitrogen and oxygen atoms in total. The van der Waals surface area contributed by atoms with Crippen LogP contribution >= 0.6 is 0 Å². The molecule has 0 amide bonds. The predicted molar refractivity (Wildman–Crippen MR) is 84.5 cm³/mol. The first-order chi connectivity index (χ1) is 10.9. The van der Waals surface area contributed by atoms with Gasteiger partial charge in [-0.05, 0) is 44.8 Å². The van der Waals surface area contributed by atoms with Gasteiger partial charge < -0.3 is 15.0 Å². The molecule has 1 heterocycles. The Hall–Kier alpha value is -1.38. The third-order valence-corrected chi connectivity index (χ3v) is 4.46. The maximum absolute atomic E-state index is 13.7. The van der Waals surface area contributed by atoms with Crippen molar-refractivity contribution in [2.24, 2.45) is 5.73 Å². The monoisotopic (exact) mass is 345 g/mol. The Bertz CT molecular complexity index is 640. The molecule has 0 bridgehead atoms. The van der Waals surface area contributed by atoms with E-state index in [0.29, 0.717) is 5.47 Å². The Kier molecular flexibility index (Phi) is 4.87. The second kappa shape index (κ2) is 6.17. The van der Waals surface area contributed by atoms with Crippen LogP contribution in [0.4, 0.5) is 17.6 Å². The van der Waals surface area contributed by atoms with Crippen LogP contribution in [-0.2, 0) is 15.5 Å². The summed E-state index contributed by atoms with van der Waals surface area (Å²) in [5, 5.41) is 0. The average molecular weight is 345 g/mol. The van der Waals surface area contributed by atoms with Gasteiger partial charge >= 0.3 is 13.3 Å². The SMILES string of the molecule is CC1(C)OB(C(=Cc2cccc(F)c2C(F)(F)F)CN)OC1(C)C. The molecule has 0 aliphatic carbocycles. The lowest BCUT2D eigenvalue weighted by molar-refractivity contribution is -0.140. The largest absolute Gasteiger partial charge is 0.491 e. The van der Waals surface area contributed by atoms with Crippen LogP contribution in [0.2, 0.25) is 0 Å². The highest BCUT2D eigenvalue weighted by atomic mass is 19.4. The smallest absolute Gasteiger partial charge is 0.400 e. The van der Waals surface area contributed by atoms with Gasteiger partial charge in [-0.3, -0.25) is 0 Å². The Morgan fingerprint density at radius 2 is 1.71 bits per heavy atom. The molecule has 132 valence electrons. The van der Waals surface area contributed by atoms with E-state index in [1.165, 1.54) is 18.2 Å². The van der Waals surface area contributed by atoms with Crippen molar-refractivity contribution in [3.63, 3.8) is 0 Å². The number of benzene rings is 1. The Morgan fingerprint density at radius 3 is 2.17 bits per heavy atom. The second-order valence-corrected chi connectivity index (χ2v) is 6.71. The molecule has 0 saturated carbocycles. The molecule has 0 aromatic heterocycles. The zero-order valence-electron chi connectivity index (χ0n) is 14.0. The highest BCUT2D eigenvalue weighted by Gasteiger charge is 2.52. The number of halogens is 4. The minimum Gasteiger partial charge on any atom is -0.400 e. The topological polar surface area (TPSA) is 44.5 Å². The van der Waals surface area contributed by atoms with Gasteiger partial charge in [-0.2, -0.15) is 13.2 Å². The van der Waals surface area contributed by atoms with E-state index in [2.05, 4.69) is 0 Å². The van der Waals surface area contributed by atoms with Gasteiger partial charge in [0.2, 0.25) is 0 Å². The second-order valence-electron chi connectivity index (χ2n) is 6.71. The van der Waals surface area contributed by atoms with Gasteiger partial charge in [0, 0.05) is 6.54 Å². The minimum atomic E-state index is -4.81. The van der Waals surface area contributed by atoms with Crippen LogP contribution in [0, 0.1) is 5.82 Å². The van der Waals surface area contributed by atoms with Crippen LogP contribution in [0.5, 0.6) is 0 Å². The van der Waals surface area contributed by atoms with E-state index in [1.807, 2.05) is 27.7 Å². The standard InChI is InChI=1S/C16H20BF4NO2/c1-14(2)15(3,4)24-17(23-14)11(9-22)8-10-6-5-7-12(18)13(10)16(19,20)21/h5-8H,9,22H2,1-4H3. The van der Waals surface area contributed by atoms with Gasteiger partial charge in [0.15, 0.2) is 0 Å². The average Bonchev–Trinajstić information content (AvgIpc) is 2.63. The first-order valence-electron chi connectivity index (χ1n) is 7.51. The number of rotatable bonds is 3. The Balaban J connectivity index is 2.45. The van der Waals surface area contributed by atoms with Crippen molar-refractivity contribution in [2.45, 2.75) is 45.1 Å². The van der Waals surface area contributed by atoms with E-state index in [-0.39, 0.29) is 12.1 Å². The fraction of sp³-hybridized carbons (Fsp3) is 0.500. The third kappa shape index (κ3) is 3.50. The van der Waals surface area contributed by atoms with Crippen molar-refractivity contribution in [3.8, 4) is 0 Å². The van der Waals surface area contributed by atoms with Crippen LogP contribution in [0.25, 0.3) is 6.08 Å². The van der Waals surface area contributed by atoms with Gasteiger partial charge in [0.25, 0.3) is 0 Å². The molecule has 1 aliphatic heterocycles. The number of hydrogen-bond acceptors (Lipinski definition) is 3. The fourth-order valence-corrected chi connectivity index (χ4v) is 2.38. The maximum Gasteiger partial charge on any atom is 0.491 e. The van der Waals surface area contributed by atoms with Crippen LogP contribution in [0.1, 0.15) is 38.8 Å². The van der Waals surface area contributed by atoms with Crippen molar-refractivity contribution in [1.82, 2.24) is 0 Å². The predicted octanol–water partition coefficient (Wildman–Crippen LogP) is 3.82. The van der Waals surface area contributed by atoms with Crippen molar-refractivity contribution in [2.75, 3.05) is 6.54 Å². The fourth-order valence-electron chi connectivity index (χ4n) is 2.38. The third-order valence-electron chi connectivity index (χ3n) is 4.46. The molecule has 0 spiro atoms. The van der Waals surface area contributed by atoms with Crippen molar-refractivity contribution in [3.05, 3.63) is 40.6 Å². The molecule has 2 rings (SSSR count). The van der Waals surface area contributed by atoms with Crippen LogP contribution in [-0.4, -0.2) is 24.9 Å². The molecule has 1 fully saturated rings. The summed E-state index contributed by atoms with van der Waals surface area (Å²) in [6.45, 7) is 7.22. The summed E-state index contributed by atoms with van der Waals surface area (Å²) >= 11 is 0. The summed E-state index contributed by atoms with van der Waals surface area (Å²) in [4.78, 5) is 0. The van der Waals surface area contributed by atoms with Gasteiger partial charge in [-0.25, -0.2) is 4.39 Å². The molecule has 1 aliphatic rings. The van der Waals surface area contributed by atoms with Gasteiger partial charge in [0.1, 0.15) is 5.82 Å². The van der Waals surface area contributed by atoms with Crippen molar-refractivity contribution in [1.29, 1.82) is 0 Å². The number of nitrogens with two attached hydrogens (primary N) is 1. The summed E-state index contributed by atoms with van der Waals surface area (Å²) in [5.41, 5.74) is 3.04. The highest BCUT2D eigenvalue weighted by Crippen LogP contribution is 2.40. The van der Waals surface area contributed by atoms with E-state index < -0.39 is 35.9 Å². The first-order valence-corrected chi connectivity index (χ1v) is 7.51. The quantitative estimate of drug-likeness (QED) is 0.669.